The highest BCUT2D eigenvalue weighted by Crippen LogP contribution is 2.27. The molecule has 0 bridgehead atoms. The maximum atomic E-state index is 5.89. The molecule has 3 nitrogen and oxygen atoms in total. The van der Waals surface area contributed by atoms with Crippen molar-refractivity contribution >= 4 is 22.9 Å². The Morgan fingerprint density at radius 2 is 2.11 bits per heavy atom. The molecule has 0 radical (unpaired) electrons. The maximum Gasteiger partial charge on any atom is 0.123 e. The fraction of sp³-hybridized carbons (Fsp3) is 0.286. The van der Waals surface area contributed by atoms with E-state index in [0.29, 0.717) is 13.2 Å². The number of thiophene rings is 1. The van der Waals surface area contributed by atoms with E-state index < -0.39 is 0 Å². The third-order valence-electron chi connectivity index (χ3n) is 2.68. The minimum absolute atomic E-state index is 0.515. The molecule has 0 amide bonds. The summed E-state index contributed by atoms with van der Waals surface area (Å²) in [4.78, 5) is 1.10. The zero-order chi connectivity index (χ0) is 13.7. The van der Waals surface area contributed by atoms with Crippen LogP contribution in [0.5, 0.6) is 11.5 Å². The molecule has 0 saturated carbocycles. The number of methoxy groups -OCH3 is 1. The van der Waals surface area contributed by atoms with Gasteiger partial charge in [0.25, 0.3) is 0 Å². The summed E-state index contributed by atoms with van der Waals surface area (Å²) < 4.78 is 11.8. The lowest BCUT2D eigenvalue weighted by Crippen LogP contribution is -2.05. The first-order valence-electron chi connectivity index (χ1n) is 5.97. The van der Waals surface area contributed by atoms with E-state index in [-0.39, 0.29) is 0 Å². The average molecular weight is 298 g/mol. The van der Waals surface area contributed by atoms with Gasteiger partial charge in [-0.2, -0.15) is 0 Å². The maximum absolute atomic E-state index is 5.89. The lowest BCUT2D eigenvalue weighted by Gasteiger charge is -2.11. The third-order valence-corrected chi connectivity index (χ3v) is 3.88. The van der Waals surface area contributed by atoms with Crippen molar-refractivity contribution in [3.63, 3.8) is 0 Å². The molecule has 0 fully saturated rings. The van der Waals surface area contributed by atoms with Crippen LogP contribution >= 0.6 is 22.9 Å². The molecule has 0 aliphatic carbocycles. The van der Waals surface area contributed by atoms with E-state index in [9.17, 15) is 0 Å². The van der Waals surface area contributed by atoms with Crippen LogP contribution in [0.3, 0.4) is 0 Å². The highest BCUT2D eigenvalue weighted by Gasteiger charge is 2.06. The van der Waals surface area contributed by atoms with Crippen LogP contribution in [-0.2, 0) is 13.0 Å². The van der Waals surface area contributed by atoms with Gasteiger partial charge in [0.15, 0.2) is 0 Å². The van der Waals surface area contributed by atoms with Crippen molar-refractivity contribution in [3.05, 3.63) is 45.1 Å². The van der Waals surface area contributed by atoms with E-state index in [1.807, 2.05) is 30.3 Å². The van der Waals surface area contributed by atoms with Crippen LogP contribution in [0.25, 0.3) is 0 Å². The molecule has 0 saturated heterocycles. The highest BCUT2D eigenvalue weighted by atomic mass is 35.5. The Hall–Kier alpha value is -1.23. The first-order chi connectivity index (χ1) is 9.22. The summed E-state index contributed by atoms with van der Waals surface area (Å²) in [5, 5.41) is 0. The Balaban J connectivity index is 2.10. The Morgan fingerprint density at radius 1 is 1.26 bits per heavy atom. The van der Waals surface area contributed by atoms with Crippen molar-refractivity contribution in [2.45, 2.75) is 13.0 Å². The Labute approximate surface area is 121 Å². The second-order valence-electron chi connectivity index (χ2n) is 4.01. The molecule has 2 aromatic rings. The second kappa shape index (κ2) is 6.80. The molecule has 2 N–H and O–H groups in total. The van der Waals surface area contributed by atoms with E-state index in [4.69, 9.17) is 26.8 Å². The van der Waals surface area contributed by atoms with E-state index in [1.165, 1.54) is 11.3 Å². The van der Waals surface area contributed by atoms with Crippen LogP contribution < -0.4 is 15.2 Å². The fourth-order valence-electron chi connectivity index (χ4n) is 1.75. The first kappa shape index (κ1) is 14.2. The number of nitrogens with two attached hydrogens (primary N) is 1. The molecule has 102 valence electrons. The predicted octanol–water partition coefficient (Wildman–Crippen LogP) is 3.49. The summed E-state index contributed by atoms with van der Waals surface area (Å²) in [7, 11) is 1.65. The number of hydrogen-bond acceptors (Lipinski definition) is 4. The van der Waals surface area contributed by atoms with Gasteiger partial charge in [-0.15, -0.1) is 11.3 Å². The second-order valence-corrected chi connectivity index (χ2v) is 5.81. The fourth-order valence-corrected chi connectivity index (χ4v) is 2.75. The molecule has 0 spiro atoms. The van der Waals surface area contributed by atoms with Crippen LogP contribution in [0.15, 0.2) is 30.3 Å². The van der Waals surface area contributed by atoms with Crippen LogP contribution in [0, 0.1) is 0 Å². The predicted molar refractivity (Wildman–Crippen MR) is 79.4 cm³/mol. The van der Waals surface area contributed by atoms with E-state index >= 15 is 0 Å². The van der Waals surface area contributed by atoms with E-state index in [0.717, 1.165) is 32.7 Å². The summed E-state index contributed by atoms with van der Waals surface area (Å²) >= 11 is 7.42. The number of halogens is 1. The normalized spacial score (nSPS) is 10.5. The van der Waals surface area contributed by atoms with Crippen molar-refractivity contribution in [2.24, 2.45) is 5.73 Å². The molecule has 19 heavy (non-hydrogen) atoms. The highest BCUT2D eigenvalue weighted by molar-refractivity contribution is 7.16. The summed E-state index contributed by atoms with van der Waals surface area (Å²) in [5.41, 5.74) is 6.68. The van der Waals surface area contributed by atoms with Gasteiger partial charge < -0.3 is 15.2 Å². The average Bonchev–Trinajstić information content (AvgIpc) is 2.83. The minimum Gasteiger partial charge on any atom is -0.497 e. The zero-order valence-corrected chi connectivity index (χ0v) is 12.3. The molecule has 5 heteroatoms. The molecule has 2 rings (SSSR count). The summed E-state index contributed by atoms with van der Waals surface area (Å²) in [6, 6.07) is 9.61. The molecule has 1 aromatic heterocycles. The van der Waals surface area contributed by atoms with Crippen molar-refractivity contribution < 1.29 is 9.47 Å². The summed E-state index contributed by atoms with van der Waals surface area (Å²) in [5.74, 6) is 1.66. The molecule has 0 aliphatic heterocycles. The van der Waals surface area contributed by atoms with Crippen LogP contribution in [-0.4, -0.2) is 13.7 Å². The van der Waals surface area contributed by atoms with Crippen LogP contribution in [0.2, 0.25) is 4.34 Å². The van der Waals surface area contributed by atoms with Crippen molar-refractivity contribution in [3.8, 4) is 11.5 Å². The van der Waals surface area contributed by atoms with E-state index in [1.54, 1.807) is 7.11 Å². The molecule has 0 unspecified atom stereocenters. The number of rotatable bonds is 6. The smallest absolute Gasteiger partial charge is 0.123 e. The molecule has 0 aliphatic rings. The van der Waals surface area contributed by atoms with Crippen molar-refractivity contribution in [2.75, 3.05) is 13.7 Å². The number of hydrogen-bond donors (Lipinski definition) is 1. The van der Waals surface area contributed by atoms with Gasteiger partial charge in [-0.05, 0) is 48.9 Å². The monoisotopic (exact) mass is 297 g/mol. The molecule has 1 heterocycles. The lowest BCUT2D eigenvalue weighted by atomic mass is 10.1. The standard InChI is InChI=1S/C14H16ClNO2S/c1-17-11-2-4-13(10(8-11)6-7-16)18-9-12-3-5-14(15)19-12/h2-5,8H,6-7,9,16H2,1H3. The molecular formula is C14H16ClNO2S. The summed E-state index contributed by atoms with van der Waals surface area (Å²) in [6.45, 7) is 1.09. The molecular weight excluding hydrogens is 282 g/mol. The van der Waals surface area contributed by atoms with Gasteiger partial charge in [-0.25, -0.2) is 0 Å². The number of benzene rings is 1. The molecule has 1 aromatic carbocycles. The van der Waals surface area contributed by atoms with Gasteiger partial charge in [-0.3, -0.25) is 0 Å². The topological polar surface area (TPSA) is 44.5 Å². The van der Waals surface area contributed by atoms with Gasteiger partial charge in [0.2, 0.25) is 0 Å². The Bertz CT molecular complexity index is 542. The zero-order valence-electron chi connectivity index (χ0n) is 10.7. The minimum atomic E-state index is 0.515. The Kier molecular flexibility index (Phi) is 5.07. The van der Waals surface area contributed by atoms with Crippen LogP contribution in [0.1, 0.15) is 10.4 Å². The van der Waals surface area contributed by atoms with Gasteiger partial charge in [-0.1, -0.05) is 11.6 Å². The lowest BCUT2D eigenvalue weighted by molar-refractivity contribution is 0.305. The van der Waals surface area contributed by atoms with Gasteiger partial charge in [0.1, 0.15) is 18.1 Å². The molecule has 0 atom stereocenters. The largest absolute Gasteiger partial charge is 0.497 e. The van der Waals surface area contributed by atoms with Gasteiger partial charge in [0.05, 0.1) is 11.4 Å². The van der Waals surface area contributed by atoms with Crippen molar-refractivity contribution in [1.29, 1.82) is 0 Å². The third kappa shape index (κ3) is 3.86. The van der Waals surface area contributed by atoms with Crippen molar-refractivity contribution in [1.82, 2.24) is 0 Å². The quantitative estimate of drug-likeness (QED) is 0.887. The van der Waals surface area contributed by atoms with E-state index in [2.05, 4.69) is 0 Å². The SMILES string of the molecule is COc1ccc(OCc2ccc(Cl)s2)c(CCN)c1. The van der Waals surface area contributed by atoms with Gasteiger partial charge >= 0.3 is 0 Å². The summed E-state index contributed by atoms with van der Waals surface area (Å²) in [6.07, 6.45) is 0.762. The Morgan fingerprint density at radius 3 is 2.74 bits per heavy atom. The van der Waals surface area contributed by atoms with Crippen LogP contribution in [0.4, 0.5) is 0 Å². The first-order valence-corrected chi connectivity index (χ1v) is 7.16. The van der Waals surface area contributed by atoms with Gasteiger partial charge in [0, 0.05) is 4.88 Å². The number of ether oxygens (including phenoxy) is 2.